The fraction of sp³-hybridized carbons (Fsp3) is 0.235. The number of hydrogen-bond donors (Lipinski definition) is 2. The van der Waals surface area contributed by atoms with Crippen molar-refractivity contribution in [2.75, 3.05) is 0 Å². The number of rotatable bonds is 4. The Morgan fingerprint density at radius 1 is 1.10 bits per heavy atom. The predicted octanol–water partition coefficient (Wildman–Crippen LogP) is 2.92. The maximum absolute atomic E-state index is 10.8. The number of carboxylic acid groups (broad SMARTS) is 1. The second kappa shape index (κ2) is 5.88. The topological polar surface area (TPSA) is 63.3 Å². The van der Waals surface area contributed by atoms with Crippen molar-refractivity contribution in [1.29, 1.82) is 0 Å². The van der Waals surface area contributed by atoms with Gasteiger partial charge in [-0.05, 0) is 48.1 Å². The van der Waals surface area contributed by atoms with Gasteiger partial charge in [-0.2, -0.15) is 0 Å². The first-order chi connectivity index (χ1) is 9.49. The zero-order valence-corrected chi connectivity index (χ0v) is 11.8. The summed E-state index contributed by atoms with van der Waals surface area (Å²) in [6.07, 6.45) is 0.350. The number of nitrogens with two attached hydrogens (primary N) is 1. The van der Waals surface area contributed by atoms with Crippen molar-refractivity contribution < 1.29 is 9.90 Å². The van der Waals surface area contributed by atoms with E-state index in [1.807, 2.05) is 24.3 Å². The Morgan fingerprint density at radius 2 is 1.65 bits per heavy atom. The molecule has 3 N–H and O–H groups in total. The van der Waals surface area contributed by atoms with Crippen LogP contribution in [0.15, 0.2) is 42.5 Å². The molecule has 1 atom stereocenters. The van der Waals surface area contributed by atoms with Crippen LogP contribution in [0.1, 0.15) is 16.7 Å². The van der Waals surface area contributed by atoms with E-state index in [2.05, 4.69) is 32.0 Å². The molecule has 0 aliphatic heterocycles. The van der Waals surface area contributed by atoms with E-state index < -0.39 is 12.0 Å². The summed E-state index contributed by atoms with van der Waals surface area (Å²) in [5.74, 6) is -0.969. The van der Waals surface area contributed by atoms with Crippen LogP contribution in [0.5, 0.6) is 0 Å². The van der Waals surface area contributed by atoms with Crippen LogP contribution in [0.25, 0.3) is 11.1 Å². The van der Waals surface area contributed by atoms with E-state index in [9.17, 15) is 4.79 Å². The molecule has 2 rings (SSSR count). The van der Waals surface area contributed by atoms with Crippen molar-refractivity contribution in [3.05, 3.63) is 59.2 Å². The van der Waals surface area contributed by atoms with Crippen LogP contribution in [0.2, 0.25) is 0 Å². The first kappa shape index (κ1) is 14.3. The molecule has 0 spiro atoms. The van der Waals surface area contributed by atoms with Crippen LogP contribution in [0, 0.1) is 13.8 Å². The Hall–Kier alpha value is -2.13. The van der Waals surface area contributed by atoms with Gasteiger partial charge in [0.15, 0.2) is 0 Å². The average Bonchev–Trinajstić information content (AvgIpc) is 2.40. The fourth-order valence-electron chi connectivity index (χ4n) is 2.42. The number of carbonyl (C=O) groups is 1. The molecular weight excluding hydrogens is 250 g/mol. The smallest absolute Gasteiger partial charge is 0.320 e. The summed E-state index contributed by atoms with van der Waals surface area (Å²) in [6.45, 7) is 4.19. The normalized spacial score (nSPS) is 12.2. The van der Waals surface area contributed by atoms with E-state index in [0.29, 0.717) is 6.42 Å². The van der Waals surface area contributed by atoms with Gasteiger partial charge in [-0.15, -0.1) is 0 Å². The predicted molar refractivity (Wildman–Crippen MR) is 80.7 cm³/mol. The van der Waals surface area contributed by atoms with Crippen molar-refractivity contribution in [3.63, 3.8) is 0 Å². The van der Waals surface area contributed by atoms with Crippen molar-refractivity contribution in [2.24, 2.45) is 5.73 Å². The van der Waals surface area contributed by atoms with Crippen LogP contribution in [-0.2, 0) is 11.2 Å². The Morgan fingerprint density at radius 3 is 2.15 bits per heavy atom. The molecular formula is C17H19NO2. The summed E-state index contributed by atoms with van der Waals surface area (Å²) in [4.78, 5) is 10.8. The Kier molecular flexibility index (Phi) is 4.20. The van der Waals surface area contributed by atoms with Gasteiger partial charge in [0.25, 0.3) is 0 Å². The van der Waals surface area contributed by atoms with Crippen molar-refractivity contribution in [1.82, 2.24) is 0 Å². The molecule has 0 aliphatic carbocycles. The van der Waals surface area contributed by atoms with Gasteiger partial charge in [0, 0.05) is 0 Å². The standard InChI is InChI=1S/C17H19NO2/c1-11-4-3-5-12(2)16(11)14-8-6-13(7-9-14)10-15(18)17(19)20/h3-9,15H,10,18H2,1-2H3,(H,19,20)/t15-/m0/s1. The van der Waals surface area contributed by atoms with Gasteiger partial charge in [0.05, 0.1) is 0 Å². The average molecular weight is 269 g/mol. The van der Waals surface area contributed by atoms with Crippen molar-refractivity contribution in [3.8, 4) is 11.1 Å². The molecule has 0 aliphatic rings. The van der Waals surface area contributed by atoms with Gasteiger partial charge in [-0.1, -0.05) is 42.5 Å². The van der Waals surface area contributed by atoms with Gasteiger partial charge in [0.2, 0.25) is 0 Å². The van der Waals surface area contributed by atoms with E-state index in [1.165, 1.54) is 16.7 Å². The van der Waals surface area contributed by atoms with Crippen LogP contribution >= 0.6 is 0 Å². The third-order valence-corrected chi connectivity index (χ3v) is 3.50. The molecule has 2 aromatic carbocycles. The van der Waals surface area contributed by atoms with Crippen LogP contribution in [0.3, 0.4) is 0 Å². The number of aliphatic carboxylic acids is 1. The maximum Gasteiger partial charge on any atom is 0.320 e. The van der Waals surface area contributed by atoms with E-state index >= 15 is 0 Å². The summed E-state index contributed by atoms with van der Waals surface area (Å²) >= 11 is 0. The van der Waals surface area contributed by atoms with E-state index in [-0.39, 0.29) is 0 Å². The molecule has 0 fully saturated rings. The molecule has 0 heterocycles. The van der Waals surface area contributed by atoms with Gasteiger partial charge >= 0.3 is 5.97 Å². The molecule has 3 nitrogen and oxygen atoms in total. The van der Waals surface area contributed by atoms with Gasteiger partial charge in [-0.25, -0.2) is 0 Å². The Balaban J connectivity index is 2.27. The van der Waals surface area contributed by atoms with Crippen LogP contribution in [-0.4, -0.2) is 17.1 Å². The van der Waals surface area contributed by atoms with Crippen molar-refractivity contribution in [2.45, 2.75) is 26.3 Å². The van der Waals surface area contributed by atoms with E-state index in [4.69, 9.17) is 10.8 Å². The number of aryl methyl sites for hydroxylation is 2. The fourth-order valence-corrected chi connectivity index (χ4v) is 2.42. The van der Waals surface area contributed by atoms with Crippen LogP contribution in [0.4, 0.5) is 0 Å². The highest BCUT2D eigenvalue weighted by molar-refractivity contribution is 5.74. The summed E-state index contributed by atoms with van der Waals surface area (Å²) < 4.78 is 0. The molecule has 0 radical (unpaired) electrons. The minimum Gasteiger partial charge on any atom is -0.480 e. The lowest BCUT2D eigenvalue weighted by Gasteiger charge is -2.11. The zero-order chi connectivity index (χ0) is 14.7. The molecule has 2 aromatic rings. The monoisotopic (exact) mass is 269 g/mol. The highest BCUT2D eigenvalue weighted by Gasteiger charge is 2.12. The second-order valence-corrected chi connectivity index (χ2v) is 5.11. The third-order valence-electron chi connectivity index (χ3n) is 3.50. The molecule has 20 heavy (non-hydrogen) atoms. The molecule has 0 aromatic heterocycles. The Bertz CT molecular complexity index is 597. The lowest BCUT2D eigenvalue weighted by Crippen LogP contribution is -2.32. The first-order valence-electron chi connectivity index (χ1n) is 6.63. The molecule has 0 bridgehead atoms. The molecule has 0 amide bonds. The summed E-state index contributed by atoms with van der Waals surface area (Å²) in [6, 6.07) is 13.3. The maximum atomic E-state index is 10.8. The molecule has 104 valence electrons. The van der Waals surface area contributed by atoms with Gasteiger partial charge in [-0.3, -0.25) is 4.79 Å². The zero-order valence-electron chi connectivity index (χ0n) is 11.8. The van der Waals surface area contributed by atoms with Crippen molar-refractivity contribution >= 4 is 5.97 Å². The number of hydrogen-bond acceptors (Lipinski definition) is 2. The van der Waals surface area contributed by atoms with E-state index in [1.54, 1.807) is 0 Å². The lowest BCUT2D eigenvalue weighted by molar-refractivity contribution is -0.138. The quantitative estimate of drug-likeness (QED) is 0.897. The second-order valence-electron chi connectivity index (χ2n) is 5.11. The highest BCUT2D eigenvalue weighted by Crippen LogP contribution is 2.27. The van der Waals surface area contributed by atoms with Gasteiger partial charge in [0.1, 0.15) is 6.04 Å². The van der Waals surface area contributed by atoms with Crippen LogP contribution < -0.4 is 5.73 Å². The Labute approximate surface area is 119 Å². The number of benzene rings is 2. The molecule has 0 unspecified atom stereocenters. The molecule has 0 saturated heterocycles. The third kappa shape index (κ3) is 3.06. The molecule has 3 heteroatoms. The largest absolute Gasteiger partial charge is 0.480 e. The minimum absolute atomic E-state index is 0.350. The number of carboxylic acids is 1. The van der Waals surface area contributed by atoms with Gasteiger partial charge < -0.3 is 10.8 Å². The SMILES string of the molecule is Cc1cccc(C)c1-c1ccc(C[C@H](N)C(=O)O)cc1. The highest BCUT2D eigenvalue weighted by atomic mass is 16.4. The first-order valence-corrected chi connectivity index (χ1v) is 6.63. The lowest BCUT2D eigenvalue weighted by atomic mass is 9.94. The summed E-state index contributed by atoms with van der Waals surface area (Å²) in [5.41, 5.74) is 11.3. The summed E-state index contributed by atoms with van der Waals surface area (Å²) in [5, 5.41) is 8.82. The summed E-state index contributed by atoms with van der Waals surface area (Å²) in [7, 11) is 0. The van der Waals surface area contributed by atoms with E-state index in [0.717, 1.165) is 11.1 Å². The minimum atomic E-state index is -0.969. The molecule has 0 saturated carbocycles.